The van der Waals surface area contributed by atoms with E-state index in [0.717, 1.165) is 31.5 Å². The van der Waals surface area contributed by atoms with Crippen molar-refractivity contribution in [3.05, 3.63) is 47.5 Å². The van der Waals surface area contributed by atoms with Crippen LogP contribution in [0.5, 0.6) is 0 Å². The Balaban J connectivity index is 1.39. The molecule has 1 amide bonds. The van der Waals surface area contributed by atoms with E-state index < -0.39 is 5.91 Å². The summed E-state index contributed by atoms with van der Waals surface area (Å²) in [6, 6.07) is 7.38. The molecule has 1 aliphatic rings. The Labute approximate surface area is 198 Å². The SMILES string of the molecule is C/C(=N\NC(=O)c1nnn(-c2nonc2N)c1CN1CCCCC1)c1cccc(-n2ncnn2)c1. The zero-order chi connectivity index (χ0) is 24.2. The predicted octanol–water partition coefficient (Wildman–Crippen LogP) is 0.348. The number of hydrogen-bond donors (Lipinski definition) is 2. The standard InChI is InChI=1S/C20H23N13O2/c1-13(14-6-5-7-15(10-14)33-23-12-22-29-33)24-26-20(34)17-16(11-31-8-3-2-4-9-31)32(30-25-17)19-18(21)27-35-28-19/h5-7,10,12H,2-4,8-9,11H2,1H3,(H2,21,27)(H,26,34)/b24-13+. The number of carbonyl (C=O) groups is 1. The molecule has 0 saturated carbocycles. The van der Waals surface area contributed by atoms with Gasteiger partial charge in [-0.15, -0.1) is 20.1 Å². The number of piperidine rings is 1. The van der Waals surface area contributed by atoms with Crippen LogP contribution in [0.4, 0.5) is 5.82 Å². The number of benzene rings is 1. The number of likely N-dealkylation sites (tertiary alicyclic amines) is 1. The van der Waals surface area contributed by atoms with Crippen LogP contribution in [0, 0.1) is 0 Å². The number of amides is 1. The smallest absolute Gasteiger partial charge is 0.293 e. The van der Waals surface area contributed by atoms with Crippen LogP contribution in [0.25, 0.3) is 11.5 Å². The van der Waals surface area contributed by atoms with E-state index in [4.69, 9.17) is 10.4 Å². The number of tetrazole rings is 1. The minimum atomic E-state index is -0.508. The number of carbonyl (C=O) groups excluding carboxylic acids is 1. The first-order valence-electron chi connectivity index (χ1n) is 11.0. The van der Waals surface area contributed by atoms with Gasteiger partial charge in [-0.2, -0.15) is 9.78 Å². The lowest BCUT2D eigenvalue weighted by Crippen LogP contribution is -2.31. The fraction of sp³-hybridized carbons (Fsp3) is 0.350. The summed E-state index contributed by atoms with van der Waals surface area (Å²) in [6.07, 6.45) is 4.71. The van der Waals surface area contributed by atoms with Gasteiger partial charge >= 0.3 is 0 Å². The first-order valence-corrected chi connectivity index (χ1v) is 11.0. The van der Waals surface area contributed by atoms with Crippen molar-refractivity contribution in [1.29, 1.82) is 0 Å². The van der Waals surface area contributed by atoms with Crippen molar-refractivity contribution in [2.45, 2.75) is 32.7 Å². The highest BCUT2D eigenvalue weighted by atomic mass is 16.6. The van der Waals surface area contributed by atoms with Crippen molar-refractivity contribution in [1.82, 2.24) is 55.8 Å². The minimum Gasteiger partial charge on any atom is -0.378 e. The molecule has 0 bridgehead atoms. The molecular weight excluding hydrogens is 454 g/mol. The molecule has 0 spiro atoms. The molecule has 15 nitrogen and oxygen atoms in total. The van der Waals surface area contributed by atoms with Gasteiger partial charge in [-0.05, 0) is 66.1 Å². The van der Waals surface area contributed by atoms with E-state index in [-0.39, 0.29) is 17.3 Å². The summed E-state index contributed by atoms with van der Waals surface area (Å²) in [5.41, 5.74) is 11.2. The Morgan fingerprint density at radius 2 is 2.06 bits per heavy atom. The summed E-state index contributed by atoms with van der Waals surface area (Å²) in [4.78, 5) is 16.7. The zero-order valence-corrected chi connectivity index (χ0v) is 18.9. The van der Waals surface area contributed by atoms with Crippen LogP contribution in [-0.4, -0.2) is 75.1 Å². The van der Waals surface area contributed by atoms with Crippen molar-refractivity contribution in [2.24, 2.45) is 5.10 Å². The number of nitrogens with zero attached hydrogens (tertiary/aromatic N) is 11. The molecule has 35 heavy (non-hydrogen) atoms. The van der Waals surface area contributed by atoms with Crippen LogP contribution >= 0.6 is 0 Å². The summed E-state index contributed by atoms with van der Waals surface area (Å²) >= 11 is 0. The van der Waals surface area contributed by atoms with Crippen molar-refractivity contribution < 1.29 is 9.42 Å². The van der Waals surface area contributed by atoms with Crippen LogP contribution in [-0.2, 0) is 6.54 Å². The summed E-state index contributed by atoms with van der Waals surface area (Å²) in [6.45, 7) is 4.04. The monoisotopic (exact) mass is 477 g/mol. The highest BCUT2D eigenvalue weighted by Gasteiger charge is 2.26. The first-order chi connectivity index (χ1) is 17.1. The fourth-order valence-electron chi connectivity index (χ4n) is 3.85. The van der Waals surface area contributed by atoms with Gasteiger partial charge in [0.25, 0.3) is 5.91 Å². The maximum atomic E-state index is 13.1. The molecule has 0 unspecified atom stereocenters. The normalized spacial score (nSPS) is 14.8. The van der Waals surface area contributed by atoms with E-state index in [1.807, 2.05) is 24.3 Å². The maximum absolute atomic E-state index is 13.1. The summed E-state index contributed by atoms with van der Waals surface area (Å²) in [5, 5.41) is 31.5. The lowest BCUT2D eigenvalue weighted by molar-refractivity contribution is 0.0947. The molecule has 3 N–H and O–H groups in total. The summed E-state index contributed by atoms with van der Waals surface area (Å²) in [5.74, 6) is -0.272. The predicted molar refractivity (Wildman–Crippen MR) is 122 cm³/mol. The molecule has 4 aromatic rings. The Morgan fingerprint density at radius 1 is 1.20 bits per heavy atom. The van der Waals surface area contributed by atoms with Crippen LogP contribution < -0.4 is 11.2 Å². The largest absolute Gasteiger partial charge is 0.378 e. The molecule has 180 valence electrons. The molecule has 0 aliphatic carbocycles. The van der Waals surface area contributed by atoms with Gasteiger partial charge in [0.15, 0.2) is 12.0 Å². The van der Waals surface area contributed by atoms with E-state index in [1.165, 1.54) is 22.2 Å². The average Bonchev–Trinajstić information content (AvgIpc) is 3.65. The molecule has 1 aromatic carbocycles. The van der Waals surface area contributed by atoms with E-state index in [2.05, 4.69) is 51.5 Å². The summed E-state index contributed by atoms with van der Waals surface area (Å²) < 4.78 is 6.10. The Hall–Kier alpha value is -4.53. The highest BCUT2D eigenvalue weighted by molar-refractivity contribution is 6.01. The number of aromatic nitrogens is 9. The van der Waals surface area contributed by atoms with Crippen LogP contribution in [0.2, 0.25) is 0 Å². The van der Waals surface area contributed by atoms with Crippen molar-refractivity contribution in [3.8, 4) is 11.5 Å². The second kappa shape index (κ2) is 9.76. The van der Waals surface area contributed by atoms with E-state index in [9.17, 15) is 4.79 Å². The van der Waals surface area contributed by atoms with E-state index in [1.54, 1.807) is 6.92 Å². The third-order valence-electron chi connectivity index (χ3n) is 5.67. The van der Waals surface area contributed by atoms with Gasteiger partial charge in [0.1, 0.15) is 0 Å². The van der Waals surface area contributed by atoms with E-state index >= 15 is 0 Å². The van der Waals surface area contributed by atoms with E-state index in [0.29, 0.717) is 23.6 Å². The third-order valence-corrected chi connectivity index (χ3v) is 5.67. The quantitative estimate of drug-likeness (QED) is 0.276. The molecule has 0 radical (unpaired) electrons. The van der Waals surface area contributed by atoms with Crippen molar-refractivity contribution in [3.63, 3.8) is 0 Å². The fourth-order valence-corrected chi connectivity index (χ4v) is 3.85. The Kier molecular flexibility index (Phi) is 6.21. The topological polar surface area (TPSA) is 184 Å². The Bertz CT molecular complexity index is 1330. The molecule has 1 saturated heterocycles. The van der Waals surface area contributed by atoms with Crippen LogP contribution in [0.3, 0.4) is 0 Å². The average molecular weight is 477 g/mol. The molecule has 1 aliphatic heterocycles. The number of hydrazone groups is 1. The Morgan fingerprint density at radius 3 is 2.80 bits per heavy atom. The molecule has 5 rings (SSSR count). The van der Waals surface area contributed by atoms with Crippen molar-refractivity contribution in [2.75, 3.05) is 18.8 Å². The van der Waals surface area contributed by atoms with Crippen LogP contribution in [0.1, 0.15) is 47.9 Å². The number of nitrogens with one attached hydrogen (secondary N) is 1. The molecule has 1 fully saturated rings. The maximum Gasteiger partial charge on any atom is 0.293 e. The number of nitrogens with two attached hydrogens (primary N) is 1. The van der Waals surface area contributed by atoms with Gasteiger partial charge in [-0.25, -0.2) is 10.1 Å². The molecule has 15 heteroatoms. The second-order valence-electron chi connectivity index (χ2n) is 8.02. The van der Waals surface area contributed by atoms with Gasteiger partial charge in [-0.1, -0.05) is 23.8 Å². The minimum absolute atomic E-state index is 0.0531. The molecule has 4 heterocycles. The molecular formula is C20H23N13O2. The number of anilines is 1. The van der Waals surface area contributed by atoms with Gasteiger partial charge in [0.05, 0.1) is 17.1 Å². The van der Waals surface area contributed by atoms with Gasteiger partial charge < -0.3 is 5.73 Å². The van der Waals surface area contributed by atoms with Gasteiger partial charge in [-0.3, -0.25) is 9.69 Å². The first kappa shape index (κ1) is 22.3. The van der Waals surface area contributed by atoms with Gasteiger partial charge in [0, 0.05) is 6.54 Å². The zero-order valence-electron chi connectivity index (χ0n) is 18.9. The lowest BCUT2D eigenvalue weighted by Gasteiger charge is -2.26. The third kappa shape index (κ3) is 4.74. The van der Waals surface area contributed by atoms with Gasteiger partial charge in [0.2, 0.25) is 11.6 Å². The molecule has 0 atom stereocenters. The highest BCUT2D eigenvalue weighted by Crippen LogP contribution is 2.20. The number of rotatable bonds is 7. The summed E-state index contributed by atoms with van der Waals surface area (Å²) in [7, 11) is 0. The number of nitrogen functional groups attached to an aromatic ring is 1. The number of hydrogen-bond acceptors (Lipinski definition) is 12. The van der Waals surface area contributed by atoms with Crippen molar-refractivity contribution >= 4 is 17.4 Å². The second-order valence-corrected chi connectivity index (χ2v) is 8.02. The lowest BCUT2D eigenvalue weighted by atomic mass is 10.1. The molecule has 3 aromatic heterocycles. The van der Waals surface area contributed by atoms with Crippen LogP contribution in [0.15, 0.2) is 40.3 Å².